The van der Waals surface area contributed by atoms with Gasteiger partial charge in [-0.25, -0.2) is 9.67 Å². The van der Waals surface area contributed by atoms with Crippen LogP contribution in [0.3, 0.4) is 0 Å². The van der Waals surface area contributed by atoms with E-state index < -0.39 is 17.6 Å². The molecular formula is C20H14ClF3N4O2. The van der Waals surface area contributed by atoms with Crippen molar-refractivity contribution in [1.29, 1.82) is 0 Å². The van der Waals surface area contributed by atoms with Crippen molar-refractivity contribution in [2.75, 3.05) is 5.32 Å². The fraction of sp³-hybridized carbons (Fsp3) is 0.150. The number of carbonyl (C=O) groups is 1. The quantitative estimate of drug-likeness (QED) is 0.472. The van der Waals surface area contributed by atoms with Crippen molar-refractivity contribution in [1.82, 2.24) is 14.8 Å². The number of hydrogen-bond acceptors (Lipinski definition) is 4. The Bertz CT molecular complexity index is 1230. The number of nitrogens with one attached hydrogen (secondary N) is 1. The van der Waals surface area contributed by atoms with Crippen molar-refractivity contribution in [3.63, 3.8) is 0 Å². The highest BCUT2D eigenvalue weighted by Gasteiger charge is 2.31. The van der Waals surface area contributed by atoms with Gasteiger partial charge in [0.15, 0.2) is 5.65 Å². The average Bonchev–Trinajstić information content (AvgIpc) is 3.32. The molecule has 4 aromatic rings. The number of anilines is 1. The molecule has 1 amide bonds. The van der Waals surface area contributed by atoms with Crippen molar-refractivity contribution >= 4 is 34.2 Å². The molecule has 6 nitrogen and oxygen atoms in total. The molecule has 0 aliphatic carbocycles. The fourth-order valence-electron chi connectivity index (χ4n) is 3.15. The number of alkyl halides is 3. The van der Waals surface area contributed by atoms with Crippen LogP contribution in [0.2, 0.25) is 5.02 Å². The van der Waals surface area contributed by atoms with Gasteiger partial charge in [0.2, 0.25) is 5.91 Å². The number of rotatable bonds is 4. The molecule has 0 spiro atoms. The van der Waals surface area contributed by atoms with Gasteiger partial charge in [0.1, 0.15) is 12.3 Å². The predicted molar refractivity (Wildman–Crippen MR) is 105 cm³/mol. The van der Waals surface area contributed by atoms with Gasteiger partial charge < -0.3 is 9.73 Å². The van der Waals surface area contributed by atoms with Crippen molar-refractivity contribution in [3.05, 3.63) is 65.1 Å². The summed E-state index contributed by atoms with van der Waals surface area (Å²) >= 11 is 5.94. The highest BCUT2D eigenvalue weighted by atomic mass is 35.5. The first-order valence-electron chi connectivity index (χ1n) is 8.76. The summed E-state index contributed by atoms with van der Waals surface area (Å²) < 4.78 is 45.6. The largest absolute Gasteiger partial charge is 0.464 e. The van der Waals surface area contributed by atoms with E-state index in [-0.39, 0.29) is 17.3 Å². The van der Waals surface area contributed by atoms with Gasteiger partial charge in [-0.3, -0.25) is 4.79 Å². The van der Waals surface area contributed by atoms with Crippen LogP contribution in [0.1, 0.15) is 11.3 Å². The van der Waals surface area contributed by atoms with Gasteiger partial charge in [-0.2, -0.15) is 18.3 Å². The third-order valence-corrected chi connectivity index (χ3v) is 4.79. The number of nitrogens with zero attached hydrogens (tertiary/aromatic N) is 3. The van der Waals surface area contributed by atoms with E-state index in [1.165, 1.54) is 4.68 Å². The SMILES string of the molecule is Cc1nn(CC(=O)Nc2cc(C(F)(F)F)ccc2Cl)c2nccc(-c3ccco3)c12. The summed E-state index contributed by atoms with van der Waals surface area (Å²) in [5, 5.41) is 7.49. The van der Waals surface area contributed by atoms with E-state index in [0.717, 1.165) is 29.1 Å². The minimum atomic E-state index is -4.55. The number of aromatic nitrogens is 3. The summed E-state index contributed by atoms with van der Waals surface area (Å²) in [4.78, 5) is 16.8. The third kappa shape index (κ3) is 3.76. The van der Waals surface area contributed by atoms with Crippen molar-refractivity contribution in [2.45, 2.75) is 19.6 Å². The number of aryl methyl sites for hydroxylation is 1. The van der Waals surface area contributed by atoms with E-state index in [4.69, 9.17) is 16.0 Å². The lowest BCUT2D eigenvalue weighted by atomic mass is 10.1. The molecule has 0 unspecified atom stereocenters. The van der Waals surface area contributed by atoms with Crippen LogP contribution in [-0.2, 0) is 17.5 Å². The van der Waals surface area contributed by atoms with Gasteiger partial charge in [-0.1, -0.05) is 11.6 Å². The minimum absolute atomic E-state index is 0.00363. The van der Waals surface area contributed by atoms with E-state index in [1.54, 1.807) is 37.6 Å². The lowest BCUT2D eigenvalue weighted by Crippen LogP contribution is -2.20. The Kier molecular flexibility index (Phi) is 4.98. The van der Waals surface area contributed by atoms with Gasteiger partial charge in [-0.05, 0) is 43.3 Å². The zero-order valence-electron chi connectivity index (χ0n) is 15.5. The molecule has 0 atom stereocenters. The molecule has 30 heavy (non-hydrogen) atoms. The van der Waals surface area contributed by atoms with Crippen LogP contribution < -0.4 is 5.32 Å². The highest BCUT2D eigenvalue weighted by molar-refractivity contribution is 6.33. The summed E-state index contributed by atoms with van der Waals surface area (Å²) in [6, 6.07) is 8.07. The zero-order chi connectivity index (χ0) is 21.5. The van der Waals surface area contributed by atoms with Crippen LogP contribution in [0.15, 0.2) is 53.3 Å². The number of carbonyl (C=O) groups excluding carboxylic acids is 1. The molecule has 0 radical (unpaired) electrons. The molecule has 154 valence electrons. The smallest absolute Gasteiger partial charge is 0.416 e. The van der Waals surface area contributed by atoms with Crippen molar-refractivity contribution < 1.29 is 22.4 Å². The monoisotopic (exact) mass is 434 g/mol. The van der Waals surface area contributed by atoms with E-state index >= 15 is 0 Å². The molecule has 0 saturated heterocycles. The second-order valence-corrected chi connectivity index (χ2v) is 6.93. The maximum absolute atomic E-state index is 12.9. The van der Waals surface area contributed by atoms with Gasteiger partial charge in [0.25, 0.3) is 0 Å². The number of furan rings is 1. The standard InChI is InChI=1S/C20H14ClF3N4O2/c1-11-18-13(16-3-2-8-30-16)6-7-25-19(18)28(27-11)10-17(29)26-15-9-12(20(22,23)24)4-5-14(15)21/h2-9H,10H2,1H3,(H,26,29). The van der Waals surface area contributed by atoms with Crippen LogP contribution in [0, 0.1) is 6.92 Å². The molecule has 4 rings (SSSR count). The molecule has 0 fully saturated rings. The lowest BCUT2D eigenvalue weighted by molar-refractivity contribution is -0.137. The number of halogens is 4. The van der Waals surface area contributed by atoms with Gasteiger partial charge >= 0.3 is 6.18 Å². The zero-order valence-corrected chi connectivity index (χ0v) is 16.3. The molecule has 0 saturated carbocycles. The third-order valence-electron chi connectivity index (χ3n) is 4.46. The summed E-state index contributed by atoms with van der Waals surface area (Å²) in [5.41, 5.74) is 0.817. The molecule has 3 aromatic heterocycles. The predicted octanol–water partition coefficient (Wildman–Crippen LogP) is 5.31. The number of hydrogen-bond donors (Lipinski definition) is 1. The second kappa shape index (κ2) is 7.49. The molecule has 0 bridgehead atoms. The Morgan fingerprint density at radius 3 is 2.77 bits per heavy atom. The minimum Gasteiger partial charge on any atom is -0.464 e. The lowest BCUT2D eigenvalue weighted by Gasteiger charge is -2.12. The summed E-state index contributed by atoms with van der Waals surface area (Å²) in [6.07, 6.45) is -1.43. The Hall–Kier alpha value is -3.33. The first kappa shape index (κ1) is 20.0. The molecular weight excluding hydrogens is 421 g/mol. The van der Waals surface area contributed by atoms with E-state index in [2.05, 4.69) is 15.4 Å². The van der Waals surface area contributed by atoms with Crippen molar-refractivity contribution in [3.8, 4) is 11.3 Å². The van der Waals surface area contributed by atoms with Crippen LogP contribution >= 0.6 is 11.6 Å². The van der Waals surface area contributed by atoms with Gasteiger partial charge in [0, 0.05) is 11.8 Å². The van der Waals surface area contributed by atoms with Gasteiger partial charge in [-0.15, -0.1) is 0 Å². The Morgan fingerprint density at radius 2 is 2.07 bits per heavy atom. The average molecular weight is 435 g/mol. The summed E-state index contributed by atoms with van der Waals surface area (Å²) in [7, 11) is 0. The normalized spacial score (nSPS) is 11.8. The molecule has 3 heterocycles. The number of amides is 1. The Balaban J connectivity index is 1.63. The highest BCUT2D eigenvalue weighted by Crippen LogP contribution is 2.34. The molecule has 0 aliphatic heterocycles. The Labute approximate surface area is 173 Å². The van der Waals surface area contributed by atoms with Gasteiger partial charge in [0.05, 0.1) is 33.6 Å². The van der Waals surface area contributed by atoms with Crippen LogP contribution in [-0.4, -0.2) is 20.7 Å². The van der Waals surface area contributed by atoms with E-state index in [1.807, 2.05) is 0 Å². The topological polar surface area (TPSA) is 73.0 Å². The van der Waals surface area contributed by atoms with Crippen molar-refractivity contribution in [2.24, 2.45) is 0 Å². The summed E-state index contributed by atoms with van der Waals surface area (Å²) in [5.74, 6) is 0.0380. The molecule has 1 N–H and O–H groups in total. The molecule has 0 aliphatic rings. The van der Waals surface area contributed by atoms with E-state index in [0.29, 0.717) is 17.1 Å². The summed E-state index contributed by atoms with van der Waals surface area (Å²) in [6.45, 7) is 1.51. The number of benzene rings is 1. The van der Waals surface area contributed by atoms with Crippen LogP contribution in [0.5, 0.6) is 0 Å². The Morgan fingerprint density at radius 1 is 1.27 bits per heavy atom. The van der Waals surface area contributed by atoms with Crippen LogP contribution in [0.4, 0.5) is 18.9 Å². The first-order chi connectivity index (χ1) is 14.2. The molecule has 1 aromatic carbocycles. The van der Waals surface area contributed by atoms with E-state index in [9.17, 15) is 18.0 Å². The van der Waals surface area contributed by atoms with Crippen LogP contribution in [0.25, 0.3) is 22.4 Å². The maximum Gasteiger partial charge on any atom is 0.416 e. The number of pyridine rings is 1. The number of fused-ring (bicyclic) bond motifs is 1. The maximum atomic E-state index is 12.9. The molecule has 10 heteroatoms. The first-order valence-corrected chi connectivity index (χ1v) is 9.14. The second-order valence-electron chi connectivity index (χ2n) is 6.52. The fourth-order valence-corrected chi connectivity index (χ4v) is 3.32.